The third kappa shape index (κ3) is 3.29. The highest BCUT2D eigenvalue weighted by Crippen LogP contribution is 2.23. The SMILES string of the molecule is COC(=O)c1occc1CN[C@@H](C)c1ccccc1Br. The Balaban J connectivity index is 2.04. The first-order valence-corrected chi connectivity index (χ1v) is 7.05. The number of rotatable bonds is 5. The summed E-state index contributed by atoms with van der Waals surface area (Å²) in [7, 11) is 1.34. The topological polar surface area (TPSA) is 51.5 Å². The Kier molecular flexibility index (Phi) is 4.98. The molecule has 0 unspecified atom stereocenters. The fraction of sp³-hybridized carbons (Fsp3) is 0.267. The Morgan fingerprint density at radius 2 is 2.15 bits per heavy atom. The minimum absolute atomic E-state index is 0.144. The fourth-order valence-electron chi connectivity index (χ4n) is 1.95. The largest absolute Gasteiger partial charge is 0.463 e. The lowest BCUT2D eigenvalue weighted by Gasteiger charge is -2.15. The number of hydrogen-bond donors (Lipinski definition) is 1. The number of carbonyl (C=O) groups excluding carboxylic acids is 1. The number of halogens is 1. The second-order valence-corrected chi connectivity index (χ2v) is 5.24. The molecule has 1 atom stereocenters. The summed E-state index contributed by atoms with van der Waals surface area (Å²) in [5.74, 6) is -0.209. The average Bonchev–Trinajstić information content (AvgIpc) is 2.93. The van der Waals surface area contributed by atoms with Gasteiger partial charge in [-0.15, -0.1) is 0 Å². The van der Waals surface area contributed by atoms with Gasteiger partial charge in [0.05, 0.1) is 13.4 Å². The van der Waals surface area contributed by atoms with Crippen LogP contribution in [0.25, 0.3) is 0 Å². The maximum absolute atomic E-state index is 11.5. The summed E-state index contributed by atoms with van der Waals surface area (Å²) in [6, 6.07) is 9.95. The van der Waals surface area contributed by atoms with Crippen molar-refractivity contribution in [3.8, 4) is 0 Å². The molecule has 0 saturated heterocycles. The van der Waals surface area contributed by atoms with Crippen LogP contribution in [0.3, 0.4) is 0 Å². The number of benzene rings is 1. The molecule has 20 heavy (non-hydrogen) atoms. The first-order chi connectivity index (χ1) is 9.63. The molecule has 1 aromatic heterocycles. The summed E-state index contributed by atoms with van der Waals surface area (Å²) in [6.45, 7) is 2.60. The minimum atomic E-state index is -0.458. The van der Waals surface area contributed by atoms with Crippen molar-refractivity contribution in [3.63, 3.8) is 0 Å². The van der Waals surface area contributed by atoms with E-state index in [1.807, 2.05) is 18.2 Å². The lowest BCUT2D eigenvalue weighted by molar-refractivity contribution is 0.0563. The van der Waals surface area contributed by atoms with Gasteiger partial charge in [0.1, 0.15) is 0 Å². The number of methoxy groups -OCH3 is 1. The molecule has 0 bridgehead atoms. The van der Waals surface area contributed by atoms with Crippen molar-refractivity contribution in [1.82, 2.24) is 5.32 Å². The van der Waals surface area contributed by atoms with Crippen molar-refractivity contribution in [2.75, 3.05) is 7.11 Å². The molecule has 0 aliphatic heterocycles. The summed E-state index contributed by atoms with van der Waals surface area (Å²) < 4.78 is 10.9. The Labute approximate surface area is 126 Å². The van der Waals surface area contributed by atoms with Gasteiger partial charge in [0.25, 0.3) is 0 Å². The molecule has 0 radical (unpaired) electrons. The van der Waals surface area contributed by atoms with E-state index in [4.69, 9.17) is 4.42 Å². The van der Waals surface area contributed by atoms with Gasteiger partial charge in [-0.1, -0.05) is 34.1 Å². The molecule has 1 aromatic carbocycles. The standard InChI is InChI=1S/C15H16BrNO3/c1-10(12-5-3-4-6-13(12)16)17-9-11-7-8-20-14(11)15(18)19-2/h3-8,10,17H,9H2,1-2H3/t10-/m0/s1. The van der Waals surface area contributed by atoms with Crippen LogP contribution in [0, 0.1) is 0 Å². The maximum Gasteiger partial charge on any atom is 0.374 e. The van der Waals surface area contributed by atoms with Crippen LogP contribution in [0.1, 0.15) is 34.6 Å². The zero-order chi connectivity index (χ0) is 14.5. The lowest BCUT2D eigenvalue weighted by atomic mass is 10.1. The number of carbonyl (C=O) groups is 1. The first kappa shape index (κ1) is 14.8. The number of hydrogen-bond acceptors (Lipinski definition) is 4. The van der Waals surface area contributed by atoms with Crippen molar-refractivity contribution < 1.29 is 13.9 Å². The molecule has 0 aliphatic rings. The molecule has 0 saturated carbocycles. The lowest BCUT2D eigenvalue weighted by Crippen LogP contribution is -2.19. The maximum atomic E-state index is 11.5. The molecule has 1 N–H and O–H groups in total. The van der Waals surface area contributed by atoms with E-state index in [-0.39, 0.29) is 11.8 Å². The Morgan fingerprint density at radius 1 is 1.40 bits per heavy atom. The van der Waals surface area contributed by atoms with Crippen molar-refractivity contribution in [2.45, 2.75) is 19.5 Å². The number of furan rings is 1. The van der Waals surface area contributed by atoms with Crippen molar-refractivity contribution in [2.24, 2.45) is 0 Å². The van der Waals surface area contributed by atoms with Gasteiger partial charge in [-0.3, -0.25) is 0 Å². The molecule has 106 valence electrons. The Hall–Kier alpha value is -1.59. The van der Waals surface area contributed by atoms with Gasteiger partial charge in [0.15, 0.2) is 0 Å². The van der Waals surface area contributed by atoms with Crippen molar-refractivity contribution in [1.29, 1.82) is 0 Å². The average molecular weight is 338 g/mol. The highest BCUT2D eigenvalue weighted by atomic mass is 79.9. The van der Waals surface area contributed by atoms with E-state index in [2.05, 4.69) is 39.0 Å². The Morgan fingerprint density at radius 3 is 2.85 bits per heavy atom. The van der Waals surface area contributed by atoms with Gasteiger partial charge in [-0.2, -0.15) is 0 Å². The van der Waals surface area contributed by atoms with Gasteiger partial charge in [0.2, 0.25) is 5.76 Å². The van der Waals surface area contributed by atoms with E-state index < -0.39 is 5.97 Å². The molecule has 2 aromatic rings. The van der Waals surface area contributed by atoms with Crippen LogP contribution in [0.2, 0.25) is 0 Å². The third-order valence-electron chi connectivity index (χ3n) is 3.09. The molecular formula is C15H16BrNO3. The van der Waals surface area contributed by atoms with Gasteiger partial charge in [-0.05, 0) is 24.6 Å². The fourth-order valence-corrected chi connectivity index (χ4v) is 2.57. The molecule has 0 aliphatic carbocycles. The van der Waals surface area contributed by atoms with E-state index in [1.54, 1.807) is 6.07 Å². The highest BCUT2D eigenvalue weighted by Gasteiger charge is 2.16. The Bertz CT molecular complexity index is 594. The summed E-state index contributed by atoms with van der Waals surface area (Å²) in [4.78, 5) is 11.5. The molecule has 2 rings (SSSR count). The number of ether oxygens (including phenoxy) is 1. The predicted octanol–water partition coefficient (Wildman–Crippen LogP) is 3.68. The number of esters is 1. The van der Waals surface area contributed by atoms with Gasteiger partial charge in [-0.25, -0.2) is 4.79 Å². The highest BCUT2D eigenvalue weighted by molar-refractivity contribution is 9.10. The van der Waals surface area contributed by atoms with Gasteiger partial charge in [0, 0.05) is 22.6 Å². The molecule has 0 spiro atoms. The smallest absolute Gasteiger partial charge is 0.374 e. The molecule has 5 heteroatoms. The molecular weight excluding hydrogens is 322 g/mol. The van der Waals surface area contributed by atoms with Crippen LogP contribution in [-0.4, -0.2) is 13.1 Å². The summed E-state index contributed by atoms with van der Waals surface area (Å²) in [5.41, 5.74) is 1.95. The molecule has 4 nitrogen and oxygen atoms in total. The summed E-state index contributed by atoms with van der Waals surface area (Å²) in [5, 5.41) is 3.36. The predicted molar refractivity (Wildman–Crippen MR) is 79.4 cm³/mol. The van der Waals surface area contributed by atoms with Crippen LogP contribution >= 0.6 is 15.9 Å². The summed E-state index contributed by atoms with van der Waals surface area (Å²) in [6.07, 6.45) is 1.49. The van der Waals surface area contributed by atoms with Crippen LogP contribution < -0.4 is 5.32 Å². The molecule has 1 heterocycles. The van der Waals surface area contributed by atoms with Gasteiger partial charge < -0.3 is 14.5 Å². The molecule has 0 fully saturated rings. The van der Waals surface area contributed by atoms with Crippen molar-refractivity contribution >= 4 is 21.9 Å². The monoisotopic (exact) mass is 337 g/mol. The third-order valence-corrected chi connectivity index (χ3v) is 3.81. The first-order valence-electron chi connectivity index (χ1n) is 6.26. The minimum Gasteiger partial charge on any atom is -0.463 e. The van der Waals surface area contributed by atoms with Crippen molar-refractivity contribution in [3.05, 3.63) is 58.0 Å². The zero-order valence-electron chi connectivity index (χ0n) is 11.4. The molecule has 0 amide bonds. The van der Waals surface area contributed by atoms with Crippen LogP contribution in [-0.2, 0) is 11.3 Å². The van der Waals surface area contributed by atoms with Crippen LogP contribution in [0.4, 0.5) is 0 Å². The second-order valence-electron chi connectivity index (χ2n) is 4.39. The summed E-state index contributed by atoms with van der Waals surface area (Å²) >= 11 is 3.53. The van der Waals surface area contributed by atoms with Crippen LogP contribution in [0.15, 0.2) is 45.5 Å². The zero-order valence-corrected chi connectivity index (χ0v) is 12.9. The second kappa shape index (κ2) is 6.72. The quantitative estimate of drug-likeness (QED) is 0.845. The van der Waals surface area contributed by atoms with E-state index in [0.29, 0.717) is 6.54 Å². The van der Waals surface area contributed by atoms with E-state index in [9.17, 15) is 4.79 Å². The van der Waals surface area contributed by atoms with E-state index >= 15 is 0 Å². The van der Waals surface area contributed by atoms with Gasteiger partial charge >= 0.3 is 5.97 Å². The van der Waals surface area contributed by atoms with E-state index in [0.717, 1.165) is 15.6 Å². The van der Waals surface area contributed by atoms with Crippen LogP contribution in [0.5, 0.6) is 0 Å². The number of nitrogens with one attached hydrogen (secondary N) is 1. The normalized spacial score (nSPS) is 12.2. The van der Waals surface area contributed by atoms with E-state index in [1.165, 1.54) is 13.4 Å².